The monoisotopic (exact) mass is 313 g/mol. The minimum absolute atomic E-state index is 0.279. The summed E-state index contributed by atoms with van der Waals surface area (Å²) < 4.78 is 11.5. The standard InChI is InChI=1S/C14H20BrNO2/c1-14(2)4-5-16(9-14)12-6-11(15)7-13(8-12)18-10-17-3/h6-8H,4-5,9-10H2,1-3H3. The minimum atomic E-state index is 0.279. The van der Waals surface area contributed by atoms with Crippen molar-refractivity contribution in [3.63, 3.8) is 0 Å². The van der Waals surface area contributed by atoms with E-state index in [9.17, 15) is 0 Å². The molecular formula is C14H20BrNO2. The van der Waals surface area contributed by atoms with Crippen LogP contribution in [0.5, 0.6) is 5.75 Å². The average Bonchev–Trinajstić information content (AvgIpc) is 2.66. The molecule has 4 heteroatoms. The van der Waals surface area contributed by atoms with Crippen LogP contribution in [0.25, 0.3) is 0 Å². The number of methoxy groups -OCH3 is 1. The second-order valence-electron chi connectivity index (χ2n) is 5.53. The highest BCUT2D eigenvalue weighted by atomic mass is 79.9. The third-order valence-corrected chi connectivity index (χ3v) is 3.70. The Hall–Kier alpha value is -0.740. The highest BCUT2D eigenvalue weighted by Gasteiger charge is 2.29. The predicted octanol–water partition coefficient (Wildman–Crippen LogP) is 3.67. The van der Waals surface area contributed by atoms with Crippen molar-refractivity contribution in [3.8, 4) is 5.75 Å². The maximum Gasteiger partial charge on any atom is 0.188 e. The molecule has 3 nitrogen and oxygen atoms in total. The molecule has 0 aliphatic carbocycles. The van der Waals surface area contributed by atoms with Gasteiger partial charge in [-0.1, -0.05) is 29.8 Å². The molecule has 0 unspecified atom stereocenters. The Morgan fingerprint density at radius 2 is 2.11 bits per heavy atom. The Morgan fingerprint density at radius 1 is 1.33 bits per heavy atom. The van der Waals surface area contributed by atoms with Crippen LogP contribution in [0.1, 0.15) is 20.3 Å². The number of hydrogen-bond acceptors (Lipinski definition) is 3. The Morgan fingerprint density at radius 3 is 2.72 bits per heavy atom. The number of benzene rings is 1. The van der Waals surface area contributed by atoms with E-state index < -0.39 is 0 Å². The molecule has 0 spiro atoms. The second-order valence-corrected chi connectivity index (χ2v) is 6.45. The van der Waals surface area contributed by atoms with Gasteiger partial charge in [0.25, 0.3) is 0 Å². The highest BCUT2D eigenvalue weighted by Crippen LogP contribution is 2.35. The van der Waals surface area contributed by atoms with Gasteiger partial charge in [-0.15, -0.1) is 0 Å². The van der Waals surface area contributed by atoms with Crippen LogP contribution in [0, 0.1) is 5.41 Å². The summed E-state index contributed by atoms with van der Waals surface area (Å²) in [6.45, 7) is 7.10. The Labute approximate surface area is 117 Å². The number of hydrogen-bond donors (Lipinski definition) is 0. The average molecular weight is 314 g/mol. The lowest BCUT2D eigenvalue weighted by molar-refractivity contribution is 0.0511. The van der Waals surface area contributed by atoms with Gasteiger partial charge in [-0.3, -0.25) is 0 Å². The van der Waals surface area contributed by atoms with Crippen LogP contribution < -0.4 is 9.64 Å². The first-order valence-corrected chi connectivity index (χ1v) is 6.97. The van der Waals surface area contributed by atoms with Crippen LogP contribution >= 0.6 is 15.9 Å². The van der Waals surface area contributed by atoms with Gasteiger partial charge >= 0.3 is 0 Å². The molecular weight excluding hydrogens is 294 g/mol. The molecule has 18 heavy (non-hydrogen) atoms. The number of anilines is 1. The van der Waals surface area contributed by atoms with Crippen LogP contribution in [-0.2, 0) is 4.74 Å². The SMILES string of the molecule is COCOc1cc(Br)cc(N2CCC(C)(C)C2)c1. The summed E-state index contributed by atoms with van der Waals surface area (Å²) in [5.74, 6) is 0.839. The molecule has 1 heterocycles. The van der Waals surface area contributed by atoms with Gasteiger partial charge in [0.2, 0.25) is 0 Å². The first kappa shape index (κ1) is 13.7. The molecule has 0 saturated carbocycles. The molecule has 1 aliphatic heterocycles. The number of rotatable bonds is 4. The lowest BCUT2D eigenvalue weighted by Crippen LogP contribution is -2.22. The molecule has 0 amide bonds. The molecule has 1 fully saturated rings. The Balaban J connectivity index is 2.15. The molecule has 1 aromatic carbocycles. The lowest BCUT2D eigenvalue weighted by atomic mass is 9.93. The maximum atomic E-state index is 5.51. The van der Waals surface area contributed by atoms with Crippen LogP contribution in [0.2, 0.25) is 0 Å². The smallest absolute Gasteiger partial charge is 0.188 e. The molecule has 100 valence electrons. The van der Waals surface area contributed by atoms with Gasteiger partial charge in [0.15, 0.2) is 6.79 Å². The van der Waals surface area contributed by atoms with Crippen LogP contribution in [0.15, 0.2) is 22.7 Å². The molecule has 0 atom stereocenters. The van der Waals surface area contributed by atoms with E-state index in [0.717, 1.165) is 23.3 Å². The molecule has 2 rings (SSSR count). The van der Waals surface area contributed by atoms with Crippen molar-refractivity contribution < 1.29 is 9.47 Å². The van der Waals surface area contributed by atoms with E-state index in [1.807, 2.05) is 6.07 Å². The second kappa shape index (κ2) is 5.49. The summed E-state index contributed by atoms with van der Waals surface area (Å²) in [4.78, 5) is 2.41. The zero-order valence-electron chi connectivity index (χ0n) is 11.2. The molecule has 1 saturated heterocycles. The summed E-state index contributed by atoms with van der Waals surface area (Å²) in [7, 11) is 1.63. The molecule has 0 bridgehead atoms. The van der Waals surface area contributed by atoms with Crippen molar-refractivity contribution in [2.45, 2.75) is 20.3 Å². The maximum absolute atomic E-state index is 5.51. The first-order valence-electron chi connectivity index (χ1n) is 6.17. The molecule has 0 radical (unpaired) electrons. The fourth-order valence-electron chi connectivity index (χ4n) is 2.27. The molecule has 1 aliphatic rings. The largest absolute Gasteiger partial charge is 0.467 e. The molecule has 0 aromatic heterocycles. The van der Waals surface area contributed by atoms with Crippen molar-refractivity contribution in [2.24, 2.45) is 5.41 Å². The van der Waals surface area contributed by atoms with Gasteiger partial charge in [0, 0.05) is 36.4 Å². The zero-order chi connectivity index (χ0) is 13.2. The van der Waals surface area contributed by atoms with Crippen molar-refractivity contribution in [1.82, 2.24) is 0 Å². The predicted molar refractivity (Wildman–Crippen MR) is 77.3 cm³/mol. The van der Waals surface area contributed by atoms with Crippen LogP contribution in [-0.4, -0.2) is 27.0 Å². The number of ether oxygens (including phenoxy) is 2. The zero-order valence-corrected chi connectivity index (χ0v) is 12.8. The summed E-state index contributed by atoms with van der Waals surface area (Å²) in [5, 5.41) is 0. The summed E-state index contributed by atoms with van der Waals surface area (Å²) >= 11 is 3.53. The normalized spacial score (nSPS) is 18.1. The molecule has 1 aromatic rings. The van der Waals surface area contributed by atoms with E-state index in [0.29, 0.717) is 5.41 Å². The molecule has 0 N–H and O–H groups in total. The van der Waals surface area contributed by atoms with Crippen molar-refractivity contribution in [1.29, 1.82) is 0 Å². The lowest BCUT2D eigenvalue weighted by Gasteiger charge is -2.22. The fraction of sp³-hybridized carbons (Fsp3) is 0.571. The summed E-state index contributed by atoms with van der Waals surface area (Å²) in [6.07, 6.45) is 1.23. The van der Waals surface area contributed by atoms with Crippen molar-refractivity contribution in [2.75, 3.05) is 31.9 Å². The van der Waals surface area contributed by atoms with E-state index in [2.05, 4.69) is 46.8 Å². The summed E-state index contributed by atoms with van der Waals surface area (Å²) in [6, 6.07) is 6.18. The van der Waals surface area contributed by atoms with Crippen molar-refractivity contribution in [3.05, 3.63) is 22.7 Å². The third kappa shape index (κ3) is 3.39. The van der Waals surface area contributed by atoms with Crippen molar-refractivity contribution >= 4 is 21.6 Å². The quantitative estimate of drug-likeness (QED) is 0.792. The van der Waals surface area contributed by atoms with Gasteiger partial charge < -0.3 is 14.4 Å². The van der Waals surface area contributed by atoms with Gasteiger partial charge in [-0.25, -0.2) is 0 Å². The Bertz CT molecular complexity index is 420. The van der Waals surface area contributed by atoms with Crippen LogP contribution in [0.3, 0.4) is 0 Å². The van der Waals surface area contributed by atoms with Gasteiger partial charge in [-0.05, 0) is 24.0 Å². The Kier molecular flexibility index (Phi) is 4.17. The van der Waals surface area contributed by atoms with E-state index >= 15 is 0 Å². The van der Waals surface area contributed by atoms with Gasteiger partial charge in [0.05, 0.1) is 0 Å². The topological polar surface area (TPSA) is 21.7 Å². The number of halogens is 1. The minimum Gasteiger partial charge on any atom is -0.467 e. The van der Waals surface area contributed by atoms with E-state index in [4.69, 9.17) is 9.47 Å². The number of nitrogens with zero attached hydrogens (tertiary/aromatic N) is 1. The van der Waals surface area contributed by atoms with E-state index in [1.54, 1.807) is 7.11 Å². The fourth-order valence-corrected chi connectivity index (χ4v) is 2.73. The highest BCUT2D eigenvalue weighted by molar-refractivity contribution is 9.10. The first-order chi connectivity index (χ1) is 8.50. The third-order valence-electron chi connectivity index (χ3n) is 3.24. The van der Waals surface area contributed by atoms with Gasteiger partial charge in [0.1, 0.15) is 5.75 Å². The van der Waals surface area contributed by atoms with E-state index in [1.165, 1.54) is 12.1 Å². The van der Waals surface area contributed by atoms with Crippen LogP contribution in [0.4, 0.5) is 5.69 Å². The summed E-state index contributed by atoms with van der Waals surface area (Å²) in [5.41, 5.74) is 1.61. The van der Waals surface area contributed by atoms with Gasteiger partial charge in [-0.2, -0.15) is 0 Å². The van der Waals surface area contributed by atoms with E-state index in [-0.39, 0.29) is 6.79 Å².